The maximum Gasteiger partial charge on any atom is 0.272 e. The van der Waals surface area contributed by atoms with E-state index in [2.05, 4.69) is 20.8 Å². The van der Waals surface area contributed by atoms with Crippen LogP contribution in [0.5, 0.6) is 0 Å². The Bertz CT molecular complexity index is 822. The zero-order valence-corrected chi connectivity index (χ0v) is 14.5. The first-order chi connectivity index (χ1) is 11.9. The molecule has 0 aromatic carbocycles. The summed E-state index contributed by atoms with van der Waals surface area (Å²) in [5.74, 6) is -0.718. The second-order valence-electron chi connectivity index (χ2n) is 6.11. The molecule has 3 N–H and O–H groups in total. The van der Waals surface area contributed by atoms with Gasteiger partial charge in [-0.1, -0.05) is 0 Å². The van der Waals surface area contributed by atoms with E-state index in [1.807, 2.05) is 25.5 Å². The van der Waals surface area contributed by atoms with Crippen molar-refractivity contribution >= 4 is 11.8 Å². The van der Waals surface area contributed by atoms with Crippen molar-refractivity contribution in [1.82, 2.24) is 30.2 Å². The highest BCUT2D eigenvalue weighted by Crippen LogP contribution is 2.13. The van der Waals surface area contributed by atoms with Gasteiger partial charge in [0, 0.05) is 37.0 Å². The average Bonchev–Trinajstić information content (AvgIpc) is 3.08. The van der Waals surface area contributed by atoms with Crippen molar-refractivity contribution in [2.45, 2.75) is 46.5 Å². The average molecular weight is 346 g/mol. The lowest BCUT2D eigenvalue weighted by molar-refractivity contribution is 0.0931. The fourth-order valence-corrected chi connectivity index (χ4v) is 2.97. The first-order valence-electron chi connectivity index (χ1n) is 8.25. The summed E-state index contributed by atoms with van der Waals surface area (Å²) < 4.78 is 3.26. The van der Waals surface area contributed by atoms with Gasteiger partial charge in [0.1, 0.15) is 5.69 Å². The number of aliphatic hydroxyl groups is 1. The summed E-state index contributed by atoms with van der Waals surface area (Å²) in [5, 5.41) is 23.7. The maximum atomic E-state index is 12.4. The number of nitrogens with one attached hydrogen (secondary N) is 2. The van der Waals surface area contributed by atoms with Gasteiger partial charge in [0.15, 0.2) is 5.69 Å². The Morgan fingerprint density at radius 2 is 2.20 bits per heavy atom. The predicted molar refractivity (Wildman–Crippen MR) is 89.1 cm³/mol. The SMILES string of the molecule is CCn1nc(C)c(CNC(=O)c2cc3n(n2)C[C@H](O)CNC3=O)c1C. The molecule has 2 aromatic rings. The van der Waals surface area contributed by atoms with Gasteiger partial charge in [0.2, 0.25) is 0 Å². The molecule has 1 aliphatic rings. The lowest BCUT2D eigenvalue weighted by atomic mass is 10.2. The highest BCUT2D eigenvalue weighted by molar-refractivity contribution is 5.98. The molecule has 0 aliphatic carbocycles. The molecule has 0 bridgehead atoms. The normalized spacial score (nSPS) is 17.0. The van der Waals surface area contributed by atoms with Crippen LogP contribution in [0.15, 0.2) is 6.07 Å². The summed E-state index contributed by atoms with van der Waals surface area (Å²) in [5.41, 5.74) is 3.29. The second-order valence-corrected chi connectivity index (χ2v) is 6.11. The van der Waals surface area contributed by atoms with E-state index in [1.165, 1.54) is 10.7 Å². The third kappa shape index (κ3) is 3.27. The quantitative estimate of drug-likeness (QED) is 0.706. The molecular formula is C16H22N6O3. The number of aliphatic hydroxyl groups excluding tert-OH is 1. The third-order valence-corrected chi connectivity index (χ3v) is 4.38. The van der Waals surface area contributed by atoms with E-state index in [9.17, 15) is 14.7 Å². The van der Waals surface area contributed by atoms with Crippen LogP contribution in [0.3, 0.4) is 0 Å². The fourth-order valence-electron chi connectivity index (χ4n) is 2.97. The van der Waals surface area contributed by atoms with Crippen molar-refractivity contribution in [3.05, 3.63) is 34.4 Å². The lowest BCUT2D eigenvalue weighted by Crippen LogP contribution is -2.30. The summed E-state index contributed by atoms with van der Waals surface area (Å²) in [6.45, 7) is 7.34. The number of carbonyl (C=O) groups is 2. The molecule has 9 heteroatoms. The number of amides is 2. The van der Waals surface area contributed by atoms with Gasteiger partial charge in [-0.15, -0.1) is 0 Å². The van der Waals surface area contributed by atoms with Gasteiger partial charge in [0.05, 0.1) is 18.3 Å². The smallest absolute Gasteiger partial charge is 0.272 e. The second kappa shape index (κ2) is 6.67. The molecule has 25 heavy (non-hydrogen) atoms. The van der Waals surface area contributed by atoms with E-state index < -0.39 is 6.10 Å². The van der Waals surface area contributed by atoms with E-state index in [0.717, 1.165) is 23.5 Å². The number of carbonyl (C=O) groups excluding carboxylic acids is 2. The summed E-state index contributed by atoms with van der Waals surface area (Å²) >= 11 is 0. The van der Waals surface area contributed by atoms with Crippen LogP contribution in [0, 0.1) is 13.8 Å². The van der Waals surface area contributed by atoms with Crippen molar-refractivity contribution in [3.8, 4) is 0 Å². The van der Waals surface area contributed by atoms with E-state index in [-0.39, 0.29) is 36.3 Å². The molecule has 0 radical (unpaired) electrons. The molecule has 3 heterocycles. The first kappa shape index (κ1) is 17.2. The summed E-state index contributed by atoms with van der Waals surface area (Å²) in [7, 11) is 0. The minimum Gasteiger partial charge on any atom is -0.389 e. The number of β-amino-alcohol motifs (C(OH)–C–C–N with tert-alkyl or cyclic N) is 1. The van der Waals surface area contributed by atoms with Gasteiger partial charge < -0.3 is 15.7 Å². The Balaban J connectivity index is 1.75. The Hall–Kier alpha value is -2.68. The van der Waals surface area contributed by atoms with E-state index >= 15 is 0 Å². The monoisotopic (exact) mass is 346 g/mol. The van der Waals surface area contributed by atoms with E-state index in [4.69, 9.17) is 0 Å². The van der Waals surface area contributed by atoms with Crippen LogP contribution < -0.4 is 10.6 Å². The van der Waals surface area contributed by atoms with Gasteiger partial charge in [-0.3, -0.25) is 19.0 Å². The van der Waals surface area contributed by atoms with Crippen LogP contribution in [-0.2, 0) is 19.6 Å². The Kier molecular flexibility index (Phi) is 4.58. The lowest BCUT2D eigenvalue weighted by Gasteiger charge is -2.07. The highest BCUT2D eigenvalue weighted by Gasteiger charge is 2.24. The largest absolute Gasteiger partial charge is 0.389 e. The Morgan fingerprint density at radius 3 is 2.88 bits per heavy atom. The molecule has 3 rings (SSSR count). The van der Waals surface area contributed by atoms with Crippen LogP contribution in [0.1, 0.15) is 44.9 Å². The molecule has 0 saturated carbocycles. The van der Waals surface area contributed by atoms with Gasteiger partial charge >= 0.3 is 0 Å². The Morgan fingerprint density at radius 1 is 1.44 bits per heavy atom. The number of fused-ring (bicyclic) bond motifs is 1. The molecule has 1 aliphatic heterocycles. The molecule has 0 unspecified atom stereocenters. The minimum absolute atomic E-state index is 0.150. The van der Waals surface area contributed by atoms with Crippen LogP contribution in [0.25, 0.3) is 0 Å². The topological polar surface area (TPSA) is 114 Å². The van der Waals surface area contributed by atoms with Gasteiger partial charge in [-0.2, -0.15) is 10.2 Å². The van der Waals surface area contributed by atoms with Crippen molar-refractivity contribution < 1.29 is 14.7 Å². The van der Waals surface area contributed by atoms with Gasteiger partial charge in [-0.05, 0) is 20.8 Å². The standard InChI is InChI=1S/C16H22N6O3/c1-4-21-10(3)12(9(2)19-21)7-18-15(24)13-5-14-16(25)17-6-11(23)8-22(14)20-13/h5,11,23H,4,6-8H2,1-3H3,(H,17,25)(H,18,24)/t11-/m1/s1. The summed E-state index contributed by atoms with van der Waals surface area (Å²) in [6.07, 6.45) is -0.730. The zero-order valence-electron chi connectivity index (χ0n) is 14.5. The van der Waals surface area contributed by atoms with Crippen LogP contribution in [0.4, 0.5) is 0 Å². The minimum atomic E-state index is -0.730. The van der Waals surface area contributed by atoms with Crippen LogP contribution in [0.2, 0.25) is 0 Å². The number of hydrogen-bond acceptors (Lipinski definition) is 5. The molecule has 2 amide bonds. The van der Waals surface area contributed by atoms with Crippen molar-refractivity contribution in [2.24, 2.45) is 0 Å². The number of aromatic nitrogens is 4. The van der Waals surface area contributed by atoms with Gasteiger partial charge in [-0.25, -0.2) is 0 Å². The van der Waals surface area contributed by atoms with Crippen LogP contribution in [-0.4, -0.2) is 49.1 Å². The number of aryl methyl sites for hydroxylation is 2. The summed E-state index contributed by atoms with van der Waals surface area (Å²) in [6, 6.07) is 1.44. The molecule has 0 saturated heterocycles. The molecule has 9 nitrogen and oxygen atoms in total. The Labute approximate surface area is 145 Å². The first-order valence-corrected chi connectivity index (χ1v) is 8.25. The molecule has 0 spiro atoms. The highest BCUT2D eigenvalue weighted by atomic mass is 16.3. The van der Waals surface area contributed by atoms with Crippen LogP contribution >= 0.6 is 0 Å². The van der Waals surface area contributed by atoms with Crippen molar-refractivity contribution in [3.63, 3.8) is 0 Å². The molecule has 1 atom stereocenters. The van der Waals surface area contributed by atoms with E-state index in [0.29, 0.717) is 6.54 Å². The third-order valence-electron chi connectivity index (χ3n) is 4.38. The van der Waals surface area contributed by atoms with E-state index in [1.54, 1.807) is 0 Å². The van der Waals surface area contributed by atoms with Crippen molar-refractivity contribution in [2.75, 3.05) is 6.54 Å². The maximum absolute atomic E-state index is 12.4. The molecule has 0 fully saturated rings. The fraction of sp³-hybridized carbons (Fsp3) is 0.500. The number of rotatable bonds is 4. The predicted octanol–water partition coefficient (Wildman–Crippen LogP) is -0.249. The number of nitrogens with zero attached hydrogens (tertiary/aromatic N) is 4. The molecular weight excluding hydrogens is 324 g/mol. The van der Waals surface area contributed by atoms with Crippen molar-refractivity contribution in [1.29, 1.82) is 0 Å². The molecule has 2 aromatic heterocycles. The van der Waals surface area contributed by atoms with Gasteiger partial charge in [0.25, 0.3) is 11.8 Å². The molecule has 134 valence electrons. The number of hydrogen-bond donors (Lipinski definition) is 3. The zero-order chi connectivity index (χ0) is 18.1. The summed E-state index contributed by atoms with van der Waals surface area (Å²) in [4.78, 5) is 24.4.